The SMILES string of the molecule is [2H]C([2H])([2H])C([2H])([2H])CCCCCCCCCCCCCCCC(=O)N[C@@H](COC1OC(CO)C(OC2OC(CO)C(O)C(OC3(C(=O)O)CC(O)C(NC(C)=O)C([C@H](O)[C@H](O)CO)O3)C2O)C(O)C1O)[C@H](O)/C=C/CCCCCCCCCCCCC. The van der Waals surface area contributed by atoms with E-state index in [1.807, 2.05) is 6.08 Å². The lowest BCUT2D eigenvalue weighted by Gasteiger charge is -2.50. The Kier molecular flexibility index (Phi) is 33.2. The van der Waals surface area contributed by atoms with Gasteiger partial charge in [0.25, 0.3) is 5.79 Å². The van der Waals surface area contributed by atoms with E-state index in [0.717, 1.165) is 103 Å². The molecule has 0 radical (unpaired) electrons. The fraction of sp³-hybridized carbons (Fsp3) is 0.915. The van der Waals surface area contributed by atoms with Crippen LogP contribution in [0.25, 0.3) is 0 Å². The number of hydrogen-bond acceptors (Lipinski definition) is 20. The van der Waals surface area contributed by atoms with Gasteiger partial charge in [-0.05, 0) is 19.3 Å². The summed E-state index contributed by atoms with van der Waals surface area (Å²) in [5.74, 6) is -6.23. The predicted molar refractivity (Wildman–Crippen MR) is 301 cm³/mol. The smallest absolute Gasteiger partial charge is 0.364 e. The maximum atomic E-state index is 13.4. The first-order valence-electron chi connectivity index (χ1n) is 33.0. The fourth-order valence-electron chi connectivity index (χ4n) is 10.7. The van der Waals surface area contributed by atoms with Crippen molar-refractivity contribution in [1.82, 2.24) is 10.6 Å². The topological polar surface area (TPSA) is 373 Å². The number of carboxylic acid groups (broad SMARTS) is 1. The van der Waals surface area contributed by atoms with Gasteiger partial charge in [0.1, 0.15) is 67.1 Å². The van der Waals surface area contributed by atoms with E-state index in [9.17, 15) is 75.7 Å². The molecule has 3 heterocycles. The summed E-state index contributed by atoms with van der Waals surface area (Å²) in [5.41, 5.74) is 0. The Labute approximate surface area is 493 Å². The molecule has 18 atom stereocenters. The molecule has 82 heavy (non-hydrogen) atoms. The Morgan fingerprint density at radius 1 is 0.695 bits per heavy atom. The van der Waals surface area contributed by atoms with Crippen LogP contribution >= 0.6 is 0 Å². The van der Waals surface area contributed by atoms with Crippen molar-refractivity contribution >= 4 is 17.8 Å². The van der Waals surface area contributed by atoms with Gasteiger partial charge in [0.15, 0.2) is 12.6 Å². The van der Waals surface area contributed by atoms with Crippen molar-refractivity contribution in [3.63, 3.8) is 0 Å². The van der Waals surface area contributed by atoms with Gasteiger partial charge in [0, 0.05) is 26.6 Å². The number of aliphatic carboxylic acids is 1. The van der Waals surface area contributed by atoms with Gasteiger partial charge in [-0.1, -0.05) is 180 Å². The van der Waals surface area contributed by atoms with E-state index in [4.69, 9.17) is 35.3 Å². The van der Waals surface area contributed by atoms with Crippen LogP contribution in [0.1, 0.15) is 214 Å². The highest BCUT2D eigenvalue weighted by molar-refractivity contribution is 5.77. The third-order valence-electron chi connectivity index (χ3n) is 15.7. The van der Waals surface area contributed by atoms with Crippen LogP contribution in [0.2, 0.25) is 0 Å². The van der Waals surface area contributed by atoms with Crippen LogP contribution in [0.4, 0.5) is 0 Å². The highest BCUT2D eigenvalue weighted by Gasteiger charge is 2.60. The monoisotopic (exact) mass is 1190 g/mol. The number of carbonyl (C=O) groups excluding carboxylic acids is 2. The molecule has 3 aliphatic heterocycles. The molecule has 3 fully saturated rings. The maximum absolute atomic E-state index is 13.4. The molecule has 0 bridgehead atoms. The van der Waals surface area contributed by atoms with E-state index in [2.05, 4.69) is 17.6 Å². The standard InChI is InChI=1S/C59H108N2O21/c1-4-6-8-10-12-14-16-18-19-21-23-25-27-29-31-33-46(69)61-40(41(66)32-30-28-26-24-22-20-17-15-13-11-9-7-5-2)38-77-56-51(73)50(72)53(45(37-64)79-56)80-57-52(74)55(49(71)44(36-63)78-57)82-59(58(75)76)34-42(67)47(60-39(3)65)54(81-59)48(70)43(68)35-62/h30,32,40-45,47-57,62-64,66-68,70-74H,4-29,31,33-38H2,1-3H3,(H,60,65)(H,61,69)(H,75,76)/b32-30+/t40-,41+,42?,43+,44?,45?,47?,48+,49?,50?,51?,52?,53?,54?,55?,56?,57?,59?/m0/s1/i1D3,4D2. The highest BCUT2D eigenvalue weighted by Crippen LogP contribution is 2.38. The first kappa shape index (κ1) is 65.4. The fourth-order valence-corrected chi connectivity index (χ4v) is 10.7. The summed E-state index contributed by atoms with van der Waals surface area (Å²) in [7, 11) is 0. The minimum absolute atomic E-state index is 0.0343. The molecule has 3 saturated heterocycles. The number of hydrogen-bond donors (Lipinski definition) is 14. The van der Waals surface area contributed by atoms with Crippen LogP contribution in [-0.2, 0) is 42.8 Å². The van der Waals surface area contributed by atoms with Gasteiger partial charge in [0.05, 0.1) is 50.7 Å². The lowest BCUT2D eigenvalue weighted by molar-refractivity contribution is -0.386. The number of aliphatic hydroxyl groups excluding tert-OH is 11. The minimum Gasteiger partial charge on any atom is -0.477 e. The van der Waals surface area contributed by atoms with Crippen LogP contribution in [0.15, 0.2) is 12.2 Å². The van der Waals surface area contributed by atoms with Crippen molar-refractivity contribution < 1.29 is 111 Å². The second-order valence-corrected chi connectivity index (χ2v) is 22.5. The van der Waals surface area contributed by atoms with E-state index < -0.39 is 168 Å². The summed E-state index contributed by atoms with van der Waals surface area (Å²) in [5, 5.41) is 135. The summed E-state index contributed by atoms with van der Waals surface area (Å²) in [6, 6.07) is -2.66. The lowest BCUT2D eigenvalue weighted by Crippen LogP contribution is -2.70. The van der Waals surface area contributed by atoms with Gasteiger partial charge < -0.3 is 100 Å². The first-order valence-corrected chi connectivity index (χ1v) is 30.5. The molecule has 3 aliphatic rings. The number of allylic oxidation sites excluding steroid dienone is 1. The van der Waals surface area contributed by atoms with Gasteiger partial charge >= 0.3 is 5.97 Å². The van der Waals surface area contributed by atoms with Crippen molar-refractivity contribution in [2.45, 2.75) is 317 Å². The summed E-state index contributed by atoms with van der Waals surface area (Å²) >= 11 is 0. The molecule has 3 rings (SSSR count). The molecular weight excluding hydrogens is 1070 g/mol. The van der Waals surface area contributed by atoms with Gasteiger partial charge in [0.2, 0.25) is 11.8 Å². The predicted octanol–water partition coefficient (Wildman–Crippen LogP) is 3.17. The Bertz CT molecular complexity index is 1940. The molecular formula is C59H108N2O21. The average molecular weight is 1190 g/mol. The molecule has 23 heteroatoms. The third kappa shape index (κ3) is 25.4. The quantitative estimate of drug-likeness (QED) is 0.0307. The molecule has 0 aromatic rings. The average Bonchev–Trinajstić information content (AvgIpc) is 0.920. The largest absolute Gasteiger partial charge is 0.477 e. The zero-order chi connectivity index (χ0) is 64.7. The lowest BCUT2D eigenvalue weighted by atomic mass is 9.88. The summed E-state index contributed by atoms with van der Waals surface area (Å²) in [6.07, 6.45) is -2.81. The number of rotatable bonds is 45. The third-order valence-corrected chi connectivity index (χ3v) is 15.7. The Morgan fingerprint density at radius 3 is 1.76 bits per heavy atom. The molecule has 0 aromatic carbocycles. The first-order chi connectivity index (χ1) is 41.3. The molecule has 0 aliphatic carbocycles. The van der Waals surface area contributed by atoms with Crippen LogP contribution in [0.5, 0.6) is 0 Å². The van der Waals surface area contributed by atoms with Crippen molar-refractivity contribution in [2.75, 3.05) is 26.4 Å². The Morgan fingerprint density at radius 2 is 1.23 bits per heavy atom. The normalized spacial score (nSPS) is 31.5. The number of amides is 2. The van der Waals surface area contributed by atoms with E-state index >= 15 is 0 Å². The summed E-state index contributed by atoms with van der Waals surface area (Å²) in [4.78, 5) is 38.4. The molecule has 0 saturated carbocycles. The number of ether oxygens (including phenoxy) is 6. The van der Waals surface area contributed by atoms with Crippen molar-refractivity contribution in [3.8, 4) is 0 Å². The maximum Gasteiger partial charge on any atom is 0.364 e. The van der Waals surface area contributed by atoms with Crippen LogP contribution in [-0.4, -0.2) is 215 Å². The number of aliphatic hydroxyl groups is 11. The van der Waals surface area contributed by atoms with Gasteiger partial charge in [-0.15, -0.1) is 0 Å². The molecule has 2 amide bonds. The molecule has 0 spiro atoms. The number of carboxylic acids is 1. The summed E-state index contributed by atoms with van der Waals surface area (Å²) < 4.78 is 72.1. The minimum atomic E-state index is -3.10. The van der Waals surface area contributed by atoms with Crippen LogP contribution in [0, 0.1) is 0 Å². The van der Waals surface area contributed by atoms with Crippen molar-refractivity contribution in [2.24, 2.45) is 0 Å². The zero-order valence-corrected chi connectivity index (χ0v) is 48.6. The second-order valence-electron chi connectivity index (χ2n) is 22.5. The Hall–Kier alpha value is -2.53. The molecule has 14 unspecified atom stereocenters. The zero-order valence-electron chi connectivity index (χ0n) is 53.6. The number of carbonyl (C=O) groups is 3. The second kappa shape index (κ2) is 41.5. The van der Waals surface area contributed by atoms with E-state index in [0.29, 0.717) is 19.3 Å². The van der Waals surface area contributed by atoms with E-state index in [1.54, 1.807) is 6.08 Å². The van der Waals surface area contributed by atoms with Crippen molar-refractivity contribution in [1.29, 1.82) is 0 Å². The van der Waals surface area contributed by atoms with E-state index in [1.165, 1.54) is 44.9 Å². The Balaban J connectivity index is 1.63. The highest BCUT2D eigenvalue weighted by atomic mass is 16.8. The van der Waals surface area contributed by atoms with Gasteiger partial charge in [-0.25, -0.2) is 4.79 Å². The van der Waals surface area contributed by atoms with Gasteiger partial charge in [-0.2, -0.15) is 0 Å². The van der Waals surface area contributed by atoms with Gasteiger partial charge in [-0.3, -0.25) is 9.59 Å². The summed E-state index contributed by atoms with van der Waals surface area (Å²) in [6.45, 7) is -2.84. The van der Waals surface area contributed by atoms with Crippen LogP contribution < -0.4 is 10.6 Å². The van der Waals surface area contributed by atoms with E-state index in [-0.39, 0.29) is 18.7 Å². The molecule has 480 valence electrons. The number of unbranched alkanes of at least 4 members (excludes halogenated alkanes) is 23. The number of nitrogens with one attached hydrogen (secondary N) is 2. The molecule has 14 N–H and O–H groups in total. The molecule has 0 aromatic heterocycles. The van der Waals surface area contributed by atoms with Crippen molar-refractivity contribution in [3.05, 3.63) is 12.2 Å². The molecule has 23 nitrogen and oxygen atoms in total. The van der Waals surface area contributed by atoms with Crippen LogP contribution in [0.3, 0.4) is 0 Å².